The molecule has 1 aromatic carbocycles. The highest BCUT2D eigenvalue weighted by Crippen LogP contribution is 2.20. The molecular formula is C15H25NO2. The van der Waals surface area contributed by atoms with Crippen LogP contribution in [0.1, 0.15) is 31.4 Å². The molecule has 0 fully saturated rings. The summed E-state index contributed by atoms with van der Waals surface area (Å²) in [6.07, 6.45) is 0.809. The number of rotatable bonds is 6. The second-order valence-electron chi connectivity index (χ2n) is 5.35. The Labute approximate surface area is 110 Å². The van der Waals surface area contributed by atoms with Gasteiger partial charge in [-0.3, -0.25) is 0 Å². The highest BCUT2D eigenvalue weighted by Gasteiger charge is 2.24. The molecule has 0 aliphatic rings. The summed E-state index contributed by atoms with van der Waals surface area (Å²) >= 11 is 0. The molecule has 0 spiro atoms. The summed E-state index contributed by atoms with van der Waals surface area (Å²) in [4.78, 5) is 0. The molecule has 2 N–H and O–H groups in total. The lowest BCUT2D eigenvalue weighted by Gasteiger charge is -2.30. The van der Waals surface area contributed by atoms with E-state index in [1.54, 1.807) is 0 Å². The fourth-order valence-corrected chi connectivity index (χ4v) is 1.94. The maximum atomic E-state index is 9.36. The molecule has 0 bridgehead atoms. The van der Waals surface area contributed by atoms with E-state index < -0.39 is 0 Å². The van der Waals surface area contributed by atoms with E-state index >= 15 is 0 Å². The first kappa shape index (κ1) is 15.0. The number of hydrogen-bond donors (Lipinski definition) is 2. The van der Waals surface area contributed by atoms with Gasteiger partial charge in [0.25, 0.3) is 0 Å². The highest BCUT2D eigenvalue weighted by atomic mass is 16.5. The number of benzene rings is 1. The minimum atomic E-state index is -0.293. The van der Waals surface area contributed by atoms with Crippen LogP contribution in [0, 0.1) is 13.8 Å². The van der Waals surface area contributed by atoms with Crippen LogP contribution in [0.25, 0.3) is 0 Å². The van der Waals surface area contributed by atoms with E-state index in [0.29, 0.717) is 0 Å². The summed E-state index contributed by atoms with van der Waals surface area (Å²) in [5.41, 5.74) is 2.21. The lowest BCUT2D eigenvalue weighted by Crippen LogP contribution is -2.46. The first-order valence-electron chi connectivity index (χ1n) is 6.44. The van der Waals surface area contributed by atoms with E-state index in [-0.39, 0.29) is 18.2 Å². The van der Waals surface area contributed by atoms with Crippen molar-refractivity contribution < 1.29 is 9.84 Å². The van der Waals surface area contributed by atoms with Crippen molar-refractivity contribution in [3.05, 3.63) is 29.3 Å². The zero-order valence-corrected chi connectivity index (χ0v) is 12.1. The van der Waals surface area contributed by atoms with Crippen molar-refractivity contribution in [1.82, 2.24) is 5.32 Å². The van der Waals surface area contributed by atoms with Crippen molar-refractivity contribution in [3.8, 4) is 5.75 Å². The summed E-state index contributed by atoms with van der Waals surface area (Å²) in [6, 6.07) is 6.12. The van der Waals surface area contributed by atoms with E-state index in [1.165, 1.54) is 11.1 Å². The van der Waals surface area contributed by atoms with Crippen LogP contribution in [0.15, 0.2) is 18.2 Å². The zero-order chi connectivity index (χ0) is 13.8. The number of aryl methyl sites for hydroxylation is 2. The van der Waals surface area contributed by atoms with Gasteiger partial charge in [-0.15, -0.1) is 0 Å². The molecule has 0 aliphatic carbocycles. The molecule has 18 heavy (non-hydrogen) atoms. The van der Waals surface area contributed by atoms with E-state index in [2.05, 4.69) is 31.3 Å². The van der Waals surface area contributed by atoms with Gasteiger partial charge in [-0.1, -0.05) is 6.07 Å². The van der Waals surface area contributed by atoms with Crippen molar-refractivity contribution >= 4 is 0 Å². The van der Waals surface area contributed by atoms with Gasteiger partial charge in [-0.05, 0) is 58.0 Å². The van der Waals surface area contributed by atoms with Crippen LogP contribution in [0.4, 0.5) is 0 Å². The molecular weight excluding hydrogens is 226 g/mol. The second-order valence-corrected chi connectivity index (χ2v) is 5.35. The minimum absolute atomic E-state index is 0.0525. The van der Waals surface area contributed by atoms with Crippen molar-refractivity contribution in [2.24, 2.45) is 0 Å². The number of ether oxygens (including phenoxy) is 1. The normalized spacial score (nSPS) is 16.1. The third-order valence-electron chi connectivity index (χ3n) is 3.51. The summed E-state index contributed by atoms with van der Waals surface area (Å²) in [5.74, 6) is 0.891. The van der Waals surface area contributed by atoms with Gasteiger partial charge in [0.2, 0.25) is 0 Å². The molecule has 0 saturated carbocycles. The monoisotopic (exact) mass is 251 g/mol. The van der Waals surface area contributed by atoms with Gasteiger partial charge in [-0.25, -0.2) is 0 Å². The number of nitrogens with one attached hydrogen (secondary N) is 1. The smallest absolute Gasteiger partial charge is 0.119 e. The van der Waals surface area contributed by atoms with Gasteiger partial charge >= 0.3 is 0 Å². The average Bonchev–Trinajstić information content (AvgIpc) is 2.33. The SMILES string of the molecule is CNC(C)(CO)CC(C)Oc1ccc(C)c(C)c1. The van der Waals surface area contributed by atoms with Gasteiger partial charge in [0.05, 0.1) is 12.7 Å². The number of aliphatic hydroxyl groups excluding tert-OH is 1. The molecule has 0 heterocycles. The highest BCUT2D eigenvalue weighted by molar-refractivity contribution is 5.33. The average molecular weight is 251 g/mol. The van der Waals surface area contributed by atoms with E-state index in [1.807, 2.05) is 27.0 Å². The number of aliphatic hydroxyl groups is 1. The Morgan fingerprint density at radius 3 is 2.50 bits per heavy atom. The lowest BCUT2D eigenvalue weighted by atomic mass is 9.96. The molecule has 102 valence electrons. The van der Waals surface area contributed by atoms with Crippen molar-refractivity contribution in [2.45, 2.75) is 45.8 Å². The maximum Gasteiger partial charge on any atom is 0.119 e. The summed E-state index contributed by atoms with van der Waals surface area (Å²) in [7, 11) is 1.86. The lowest BCUT2D eigenvalue weighted by molar-refractivity contribution is 0.115. The topological polar surface area (TPSA) is 41.5 Å². The van der Waals surface area contributed by atoms with E-state index in [9.17, 15) is 5.11 Å². The molecule has 0 aliphatic heterocycles. The van der Waals surface area contributed by atoms with Crippen molar-refractivity contribution in [2.75, 3.05) is 13.7 Å². The van der Waals surface area contributed by atoms with Crippen LogP contribution >= 0.6 is 0 Å². The first-order valence-corrected chi connectivity index (χ1v) is 6.44. The molecule has 3 nitrogen and oxygen atoms in total. The number of hydrogen-bond acceptors (Lipinski definition) is 3. The van der Waals surface area contributed by atoms with Crippen LogP contribution in [-0.4, -0.2) is 30.4 Å². The Morgan fingerprint density at radius 2 is 2.00 bits per heavy atom. The third-order valence-corrected chi connectivity index (χ3v) is 3.51. The molecule has 1 aromatic rings. The van der Waals surface area contributed by atoms with Gasteiger partial charge in [-0.2, -0.15) is 0 Å². The first-order chi connectivity index (χ1) is 8.40. The van der Waals surface area contributed by atoms with E-state index in [4.69, 9.17) is 4.74 Å². The zero-order valence-electron chi connectivity index (χ0n) is 12.1. The Morgan fingerprint density at radius 1 is 1.33 bits per heavy atom. The molecule has 0 amide bonds. The van der Waals surface area contributed by atoms with Crippen LogP contribution in [-0.2, 0) is 0 Å². The fraction of sp³-hybridized carbons (Fsp3) is 0.600. The maximum absolute atomic E-state index is 9.36. The Bertz CT molecular complexity index is 386. The van der Waals surface area contributed by atoms with Crippen LogP contribution in [0.2, 0.25) is 0 Å². The molecule has 2 unspecified atom stereocenters. The van der Waals surface area contributed by atoms with Crippen molar-refractivity contribution in [3.63, 3.8) is 0 Å². The Balaban J connectivity index is 2.64. The molecule has 2 atom stereocenters. The number of likely N-dealkylation sites (N-methyl/N-ethyl adjacent to an activating group) is 1. The molecule has 0 aromatic heterocycles. The molecule has 1 rings (SSSR count). The van der Waals surface area contributed by atoms with Gasteiger partial charge in [0.1, 0.15) is 5.75 Å². The predicted molar refractivity (Wildman–Crippen MR) is 75.2 cm³/mol. The van der Waals surface area contributed by atoms with Crippen LogP contribution in [0.3, 0.4) is 0 Å². The van der Waals surface area contributed by atoms with Crippen molar-refractivity contribution in [1.29, 1.82) is 0 Å². The predicted octanol–water partition coefficient (Wildman–Crippen LogP) is 2.43. The Kier molecular flexibility index (Phi) is 5.17. The quantitative estimate of drug-likeness (QED) is 0.816. The van der Waals surface area contributed by atoms with Gasteiger partial charge in [0.15, 0.2) is 0 Å². The van der Waals surface area contributed by atoms with Crippen LogP contribution in [0.5, 0.6) is 5.75 Å². The van der Waals surface area contributed by atoms with E-state index in [0.717, 1.165) is 12.2 Å². The summed E-state index contributed by atoms with van der Waals surface area (Å²) in [5, 5.41) is 12.5. The third kappa shape index (κ3) is 4.00. The Hall–Kier alpha value is -1.06. The summed E-state index contributed by atoms with van der Waals surface area (Å²) in [6.45, 7) is 8.29. The standard InChI is InChI=1S/C15H25NO2/c1-11-6-7-14(8-12(11)2)18-13(3)9-15(4,10-17)16-5/h6-8,13,16-17H,9-10H2,1-5H3. The fourth-order valence-electron chi connectivity index (χ4n) is 1.94. The largest absolute Gasteiger partial charge is 0.491 e. The second kappa shape index (κ2) is 6.21. The van der Waals surface area contributed by atoms with Gasteiger partial charge < -0.3 is 15.2 Å². The summed E-state index contributed by atoms with van der Waals surface area (Å²) < 4.78 is 5.90. The van der Waals surface area contributed by atoms with Gasteiger partial charge in [0, 0.05) is 12.0 Å². The molecule has 3 heteroatoms. The molecule has 0 radical (unpaired) electrons. The molecule has 0 saturated heterocycles. The van der Waals surface area contributed by atoms with Crippen LogP contribution < -0.4 is 10.1 Å². The minimum Gasteiger partial charge on any atom is -0.491 e.